The zero-order chi connectivity index (χ0) is 20.3. The van der Waals surface area contributed by atoms with Gasteiger partial charge in [-0.3, -0.25) is 4.55 Å². The maximum atomic E-state index is 12.2. The van der Waals surface area contributed by atoms with Crippen molar-refractivity contribution in [2.45, 2.75) is 30.7 Å². The van der Waals surface area contributed by atoms with Crippen LogP contribution in [0.15, 0.2) is 53.7 Å². The predicted molar refractivity (Wildman–Crippen MR) is 96.4 cm³/mol. The summed E-state index contributed by atoms with van der Waals surface area (Å²) < 4.78 is 61.8. The van der Waals surface area contributed by atoms with Crippen molar-refractivity contribution in [3.05, 3.63) is 65.1 Å². The minimum Gasteiger partial charge on any atom is -0.619 e. The Morgan fingerprint density at radius 1 is 1.15 bits per heavy atom. The van der Waals surface area contributed by atoms with E-state index in [0.717, 1.165) is 11.8 Å². The van der Waals surface area contributed by atoms with Crippen LogP contribution in [0.25, 0.3) is 0 Å². The minimum atomic E-state index is -4.53. The summed E-state index contributed by atoms with van der Waals surface area (Å²) in [5, 5.41) is 11.2. The Balaban J connectivity index is 2.05. The Morgan fingerprint density at radius 2 is 1.78 bits per heavy atom. The van der Waals surface area contributed by atoms with E-state index in [1.54, 1.807) is 38.1 Å². The molecule has 0 amide bonds. The number of sulfonamides is 1. The molecule has 148 valence electrons. The average molecular weight is 416 g/mol. The third-order valence-corrected chi connectivity index (χ3v) is 5.63. The first-order valence-electron chi connectivity index (χ1n) is 7.79. The van der Waals surface area contributed by atoms with Gasteiger partial charge in [0.05, 0.1) is 6.61 Å². The van der Waals surface area contributed by atoms with Crippen LogP contribution < -0.4 is 9.45 Å². The maximum absolute atomic E-state index is 12.2. The van der Waals surface area contributed by atoms with Crippen LogP contribution in [0, 0.1) is 5.21 Å². The molecule has 1 aromatic carbocycles. The van der Waals surface area contributed by atoms with E-state index in [-0.39, 0.29) is 18.0 Å². The molecule has 0 bridgehead atoms. The van der Waals surface area contributed by atoms with Crippen LogP contribution in [0.2, 0.25) is 0 Å². The molecule has 0 saturated heterocycles. The maximum Gasteiger partial charge on any atom is 0.397 e. The topological polar surface area (TPSA) is 137 Å². The summed E-state index contributed by atoms with van der Waals surface area (Å²) in [7, 11) is -8.36. The van der Waals surface area contributed by atoms with Crippen LogP contribution >= 0.6 is 0 Å². The van der Waals surface area contributed by atoms with Crippen molar-refractivity contribution < 1.29 is 30.3 Å². The highest BCUT2D eigenvalue weighted by Crippen LogP contribution is 2.24. The molecule has 2 N–H and O–H groups in total. The van der Waals surface area contributed by atoms with Crippen molar-refractivity contribution in [3.63, 3.8) is 0 Å². The quantitative estimate of drug-likeness (QED) is 0.370. The van der Waals surface area contributed by atoms with E-state index >= 15 is 0 Å². The highest BCUT2D eigenvalue weighted by molar-refractivity contribution is 7.89. The van der Waals surface area contributed by atoms with Crippen LogP contribution in [0.5, 0.6) is 0 Å². The van der Waals surface area contributed by atoms with Crippen molar-refractivity contribution in [1.29, 1.82) is 0 Å². The molecular formula is C16H20N2O7S2. The van der Waals surface area contributed by atoms with E-state index in [1.165, 1.54) is 18.3 Å². The highest BCUT2D eigenvalue weighted by Gasteiger charge is 2.24. The lowest BCUT2D eigenvalue weighted by Crippen LogP contribution is -2.29. The van der Waals surface area contributed by atoms with Gasteiger partial charge in [0.2, 0.25) is 10.0 Å². The van der Waals surface area contributed by atoms with Crippen LogP contribution in [-0.2, 0) is 36.6 Å². The first-order chi connectivity index (χ1) is 12.4. The number of pyridine rings is 1. The Hall–Kier alpha value is -2.05. The van der Waals surface area contributed by atoms with Gasteiger partial charge in [-0.05, 0) is 17.2 Å². The van der Waals surface area contributed by atoms with Crippen LogP contribution in [-0.4, -0.2) is 28.0 Å². The Labute approximate surface area is 158 Å². The lowest BCUT2D eigenvalue weighted by atomic mass is 9.85. The van der Waals surface area contributed by atoms with E-state index < -0.39 is 25.8 Å². The lowest BCUT2D eigenvalue weighted by Gasteiger charge is -2.24. The minimum absolute atomic E-state index is 0.0122. The van der Waals surface area contributed by atoms with Gasteiger partial charge in [-0.1, -0.05) is 38.1 Å². The van der Waals surface area contributed by atoms with Crippen molar-refractivity contribution >= 4 is 20.4 Å². The molecular weight excluding hydrogens is 396 g/mol. The van der Waals surface area contributed by atoms with Crippen LogP contribution in [0.3, 0.4) is 0 Å². The SMILES string of the molecule is CC(C)(COS(=O)(=O)O)c1ccc(CNS(=O)(=O)c2ccc[n+]([O-])c2)cc1. The van der Waals surface area contributed by atoms with E-state index in [0.29, 0.717) is 10.3 Å². The first-order valence-corrected chi connectivity index (χ1v) is 10.6. The third-order valence-electron chi connectivity index (χ3n) is 3.83. The summed E-state index contributed by atoms with van der Waals surface area (Å²) in [6.45, 7) is 3.24. The molecule has 2 aromatic rings. The second-order valence-electron chi connectivity index (χ2n) is 6.49. The number of hydrogen-bond acceptors (Lipinski definition) is 6. The lowest BCUT2D eigenvalue weighted by molar-refractivity contribution is -0.607. The molecule has 0 spiro atoms. The Kier molecular flexibility index (Phi) is 6.22. The molecule has 0 aliphatic heterocycles. The van der Waals surface area contributed by atoms with Gasteiger partial charge in [0.1, 0.15) is 4.90 Å². The molecule has 0 atom stereocenters. The van der Waals surface area contributed by atoms with Gasteiger partial charge in [0, 0.05) is 18.0 Å². The zero-order valence-corrected chi connectivity index (χ0v) is 16.3. The molecule has 11 heteroatoms. The van der Waals surface area contributed by atoms with Gasteiger partial charge >= 0.3 is 10.4 Å². The molecule has 0 unspecified atom stereocenters. The van der Waals surface area contributed by atoms with Crippen LogP contribution in [0.4, 0.5) is 0 Å². The number of hydrogen-bond donors (Lipinski definition) is 2. The Bertz CT molecular complexity index is 1000. The summed E-state index contributed by atoms with van der Waals surface area (Å²) in [4.78, 5) is -0.139. The predicted octanol–water partition coefficient (Wildman–Crippen LogP) is 0.896. The highest BCUT2D eigenvalue weighted by atomic mass is 32.3. The standard InChI is InChI=1S/C16H20N2O7S2/c1-16(2,12-25-27(22,23)24)14-7-5-13(6-8-14)10-17-26(20,21)15-4-3-9-18(19)11-15/h3-9,11,17H,10,12H2,1-2H3,(H,22,23,24). The molecule has 0 aliphatic rings. The van der Waals surface area contributed by atoms with Gasteiger partial charge < -0.3 is 5.21 Å². The number of rotatable bonds is 8. The average Bonchev–Trinajstić information content (AvgIpc) is 2.58. The molecule has 0 fully saturated rings. The number of benzene rings is 1. The van der Waals surface area contributed by atoms with Gasteiger partial charge in [-0.2, -0.15) is 13.1 Å². The van der Waals surface area contributed by atoms with Gasteiger partial charge in [0.15, 0.2) is 12.4 Å². The largest absolute Gasteiger partial charge is 0.619 e. The molecule has 1 aromatic heterocycles. The smallest absolute Gasteiger partial charge is 0.397 e. The number of nitrogens with zero attached hydrogens (tertiary/aromatic N) is 1. The molecule has 0 saturated carbocycles. The fourth-order valence-corrected chi connectivity index (χ4v) is 3.70. The number of aromatic nitrogens is 1. The molecule has 27 heavy (non-hydrogen) atoms. The van der Waals surface area contributed by atoms with Gasteiger partial charge in [-0.25, -0.2) is 17.3 Å². The van der Waals surface area contributed by atoms with Crippen molar-refractivity contribution in [3.8, 4) is 0 Å². The van der Waals surface area contributed by atoms with E-state index in [9.17, 15) is 22.0 Å². The third kappa shape index (κ3) is 6.26. The number of nitrogens with one attached hydrogen (secondary N) is 1. The van der Waals surface area contributed by atoms with Crippen LogP contribution in [0.1, 0.15) is 25.0 Å². The summed E-state index contributed by atoms with van der Waals surface area (Å²) in [6, 6.07) is 9.46. The summed E-state index contributed by atoms with van der Waals surface area (Å²) in [5.41, 5.74) is 0.715. The van der Waals surface area contributed by atoms with Crippen molar-refractivity contribution in [1.82, 2.24) is 4.72 Å². The van der Waals surface area contributed by atoms with E-state index in [2.05, 4.69) is 8.91 Å². The summed E-state index contributed by atoms with van der Waals surface area (Å²) in [5.74, 6) is 0. The molecule has 0 aliphatic carbocycles. The monoisotopic (exact) mass is 416 g/mol. The van der Waals surface area contributed by atoms with Gasteiger partial charge in [-0.15, -0.1) is 0 Å². The second-order valence-corrected chi connectivity index (χ2v) is 9.35. The molecule has 1 heterocycles. The molecule has 9 nitrogen and oxygen atoms in total. The fraction of sp³-hybridized carbons (Fsp3) is 0.312. The second kappa shape index (κ2) is 7.90. The van der Waals surface area contributed by atoms with Gasteiger partial charge in [0.25, 0.3) is 0 Å². The zero-order valence-electron chi connectivity index (χ0n) is 14.7. The Morgan fingerprint density at radius 3 is 2.33 bits per heavy atom. The fourth-order valence-electron chi connectivity index (χ4n) is 2.23. The molecule has 2 rings (SSSR count). The first kappa shape index (κ1) is 21.3. The summed E-state index contributed by atoms with van der Waals surface area (Å²) >= 11 is 0. The summed E-state index contributed by atoms with van der Waals surface area (Å²) in [6.07, 6.45) is 2.15. The van der Waals surface area contributed by atoms with E-state index in [4.69, 9.17) is 4.55 Å². The van der Waals surface area contributed by atoms with Crippen molar-refractivity contribution in [2.24, 2.45) is 0 Å². The van der Waals surface area contributed by atoms with Crippen molar-refractivity contribution in [2.75, 3.05) is 6.61 Å². The normalized spacial score (nSPS) is 12.9. The molecule has 0 radical (unpaired) electrons. The van der Waals surface area contributed by atoms with E-state index in [1.807, 2.05) is 0 Å².